The number of amides is 2. The summed E-state index contributed by atoms with van der Waals surface area (Å²) in [7, 11) is 0. The quantitative estimate of drug-likeness (QED) is 0.764. The molecule has 1 atom stereocenters. The highest BCUT2D eigenvalue weighted by molar-refractivity contribution is 9.10. The molecular weight excluding hydrogens is 331 g/mol. The van der Waals surface area contributed by atoms with Crippen LogP contribution in [0.5, 0.6) is 0 Å². The highest BCUT2D eigenvalue weighted by atomic mass is 79.9. The number of carbonyl (C=O) groups is 2. The Bertz CT molecular complexity index is 524. The zero-order valence-corrected chi connectivity index (χ0v) is 12.8. The second-order valence-corrected chi connectivity index (χ2v) is 5.45. The molecule has 5 nitrogen and oxygen atoms in total. The first-order valence-corrected chi connectivity index (χ1v) is 6.85. The summed E-state index contributed by atoms with van der Waals surface area (Å²) in [5.41, 5.74) is -1.11. The maximum Gasteiger partial charge on any atom is 0.329 e. The molecule has 0 saturated carbocycles. The van der Waals surface area contributed by atoms with E-state index in [0.29, 0.717) is 12.8 Å². The number of hydrogen-bond acceptors (Lipinski definition) is 2. The lowest BCUT2D eigenvalue weighted by Crippen LogP contribution is -2.53. The summed E-state index contributed by atoms with van der Waals surface area (Å²) in [6.45, 7) is 3.26. The minimum Gasteiger partial charge on any atom is -0.480 e. The Morgan fingerprint density at radius 2 is 2.10 bits per heavy atom. The van der Waals surface area contributed by atoms with Crippen LogP contribution in [0.1, 0.15) is 26.7 Å². The van der Waals surface area contributed by atoms with Crippen LogP contribution < -0.4 is 10.6 Å². The van der Waals surface area contributed by atoms with Crippen LogP contribution in [0.15, 0.2) is 22.7 Å². The molecule has 0 spiro atoms. The van der Waals surface area contributed by atoms with E-state index in [2.05, 4.69) is 26.6 Å². The summed E-state index contributed by atoms with van der Waals surface area (Å²) in [6, 6.07) is 3.41. The van der Waals surface area contributed by atoms with E-state index in [1.54, 1.807) is 0 Å². The van der Waals surface area contributed by atoms with Crippen molar-refractivity contribution in [2.24, 2.45) is 0 Å². The van der Waals surface area contributed by atoms with Gasteiger partial charge in [-0.3, -0.25) is 0 Å². The molecule has 0 aliphatic carbocycles. The Hall–Kier alpha value is -1.63. The molecule has 0 radical (unpaired) electrons. The number of rotatable bonds is 5. The second-order valence-electron chi connectivity index (χ2n) is 4.60. The molecule has 0 aliphatic heterocycles. The molecule has 7 heteroatoms. The van der Waals surface area contributed by atoms with Crippen molar-refractivity contribution in [2.75, 3.05) is 5.32 Å². The fraction of sp³-hybridized carbons (Fsp3) is 0.385. The van der Waals surface area contributed by atoms with Crippen LogP contribution >= 0.6 is 15.9 Å². The fourth-order valence-corrected chi connectivity index (χ4v) is 1.96. The van der Waals surface area contributed by atoms with E-state index in [0.717, 1.165) is 6.07 Å². The average molecular weight is 347 g/mol. The molecule has 1 unspecified atom stereocenters. The molecule has 20 heavy (non-hydrogen) atoms. The van der Waals surface area contributed by atoms with Crippen LogP contribution in [-0.4, -0.2) is 22.6 Å². The number of benzene rings is 1. The third kappa shape index (κ3) is 4.19. The summed E-state index contributed by atoms with van der Waals surface area (Å²) in [6.07, 6.45) is 0.903. The van der Waals surface area contributed by atoms with E-state index in [9.17, 15) is 14.0 Å². The SMILES string of the molecule is CCCC(C)(NC(=O)Nc1ccc(Br)c(F)c1)C(=O)O. The Kier molecular flexibility index (Phi) is 5.50. The van der Waals surface area contributed by atoms with E-state index >= 15 is 0 Å². The molecule has 3 N–H and O–H groups in total. The van der Waals surface area contributed by atoms with Crippen LogP contribution in [0.25, 0.3) is 0 Å². The third-order valence-electron chi connectivity index (χ3n) is 2.79. The smallest absolute Gasteiger partial charge is 0.329 e. The lowest BCUT2D eigenvalue weighted by Gasteiger charge is -2.25. The van der Waals surface area contributed by atoms with E-state index in [4.69, 9.17) is 5.11 Å². The molecule has 1 rings (SSSR count). The predicted molar refractivity (Wildman–Crippen MR) is 77.2 cm³/mol. The van der Waals surface area contributed by atoms with Crippen molar-refractivity contribution in [2.45, 2.75) is 32.2 Å². The van der Waals surface area contributed by atoms with Gasteiger partial charge in [-0.05, 0) is 47.5 Å². The van der Waals surface area contributed by atoms with Crippen molar-refractivity contribution in [1.29, 1.82) is 0 Å². The van der Waals surface area contributed by atoms with Crippen LogP contribution in [0.4, 0.5) is 14.9 Å². The zero-order valence-electron chi connectivity index (χ0n) is 11.2. The Labute approximate surface area is 124 Å². The fourth-order valence-electron chi connectivity index (χ4n) is 1.71. The Morgan fingerprint density at radius 1 is 1.45 bits per heavy atom. The van der Waals surface area contributed by atoms with Crippen molar-refractivity contribution in [1.82, 2.24) is 5.32 Å². The van der Waals surface area contributed by atoms with Gasteiger partial charge in [0, 0.05) is 5.69 Å². The molecule has 0 aliphatic rings. The molecule has 0 fully saturated rings. The topological polar surface area (TPSA) is 78.4 Å². The predicted octanol–water partition coefficient (Wildman–Crippen LogP) is 3.35. The van der Waals surface area contributed by atoms with Gasteiger partial charge in [0.25, 0.3) is 0 Å². The van der Waals surface area contributed by atoms with Crippen LogP contribution in [0.2, 0.25) is 0 Å². The third-order valence-corrected chi connectivity index (χ3v) is 3.43. The number of carboxylic acid groups (broad SMARTS) is 1. The van der Waals surface area contributed by atoms with E-state index < -0.39 is 23.4 Å². The second kappa shape index (κ2) is 6.69. The molecule has 0 heterocycles. The van der Waals surface area contributed by atoms with Gasteiger partial charge in [0.1, 0.15) is 11.4 Å². The Balaban J connectivity index is 2.75. The van der Waals surface area contributed by atoms with E-state index in [1.165, 1.54) is 19.1 Å². The van der Waals surface area contributed by atoms with Gasteiger partial charge >= 0.3 is 12.0 Å². The number of halogens is 2. The van der Waals surface area contributed by atoms with Crippen molar-refractivity contribution < 1.29 is 19.1 Å². The van der Waals surface area contributed by atoms with Crippen molar-refractivity contribution >= 4 is 33.6 Å². The molecular formula is C13H16BrFN2O3. The maximum atomic E-state index is 13.3. The molecule has 2 amide bonds. The molecule has 0 bridgehead atoms. The summed E-state index contributed by atoms with van der Waals surface area (Å²) < 4.78 is 13.6. The molecule has 1 aromatic carbocycles. The highest BCUT2D eigenvalue weighted by Gasteiger charge is 2.33. The van der Waals surface area contributed by atoms with Gasteiger partial charge in [0.2, 0.25) is 0 Å². The standard InChI is InChI=1S/C13H16BrFN2O3/c1-3-6-13(2,11(18)19)17-12(20)16-8-4-5-9(14)10(15)7-8/h4-5,7H,3,6H2,1-2H3,(H,18,19)(H2,16,17,20). The number of hydrogen-bond donors (Lipinski definition) is 3. The largest absolute Gasteiger partial charge is 0.480 e. The number of carbonyl (C=O) groups excluding carboxylic acids is 1. The number of carboxylic acids is 1. The molecule has 110 valence electrons. The van der Waals surface area contributed by atoms with Crippen LogP contribution in [-0.2, 0) is 4.79 Å². The van der Waals surface area contributed by atoms with Crippen LogP contribution in [0.3, 0.4) is 0 Å². The van der Waals surface area contributed by atoms with Crippen molar-refractivity contribution in [3.63, 3.8) is 0 Å². The van der Waals surface area contributed by atoms with Crippen molar-refractivity contribution in [3.05, 3.63) is 28.5 Å². The van der Waals surface area contributed by atoms with E-state index in [-0.39, 0.29) is 10.2 Å². The number of anilines is 1. The van der Waals surface area contributed by atoms with Gasteiger partial charge in [-0.15, -0.1) is 0 Å². The molecule has 0 saturated heterocycles. The number of aliphatic carboxylic acids is 1. The monoisotopic (exact) mass is 346 g/mol. The minimum atomic E-state index is -1.35. The van der Waals surface area contributed by atoms with Crippen LogP contribution in [0, 0.1) is 5.82 Å². The maximum absolute atomic E-state index is 13.3. The van der Waals surface area contributed by atoms with Gasteiger partial charge in [0.15, 0.2) is 0 Å². The lowest BCUT2D eigenvalue weighted by molar-refractivity contribution is -0.143. The number of nitrogens with one attached hydrogen (secondary N) is 2. The first-order valence-electron chi connectivity index (χ1n) is 6.06. The van der Waals surface area contributed by atoms with Gasteiger partial charge in [-0.1, -0.05) is 13.3 Å². The summed E-state index contributed by atoms with van der Waals surface area (Å²) in [5, 5.41) is 13.9. The molecule has 0 aromatic heterocycles. The summed E-state index contributed by atoms with van der Waals surface area (Å²) in [5.74, 6) is -1.63. The highest BCUT2D eigenvalue weighted by Crippen LogP contribution is 2.19. The lowest BCUT2D eigenvalue weighted by atomic mass is 9.97. The Morgan fingerprint density at radius 3 is 2.60 bits per heavy atom. The molecule has 1 aromatic rings. The normalized spacial score (nSPS) is 13.4. The van der Waals surface area contributed by atoms with Gasteiger partial charge < -0.3 is 15.7 Å². The van der Waals surface area contributed by atoms with E-state index in [1.807, 2.05) is 6.92 Å². The van der Waals surface area contributed by atoms with Crippen molar-refractivity contribution in [3.8, 4) is 0 Å². The average Bonchev–Trinajstić information content (AvgIpc) is 2.33. The minimum absolute atomic E-state index is 0.243. The summed E-state index contributed by atoms with van der Waals surface area (Å²) in [4.78, 5) is 23.0. The van der Waals surface area contributed by atoms with Gasteiger partial charge in [-0.2, -0.15) is 0 Å². The first kappa shape index (κ1) is 16.4. The number of urea groups is 1. The zero-order chi connectivity index (χ0) is 15.3. The van der Waals surface area contributed by atoms with Gasteiger partial charge in [0.05, 0.1) is 4.47 Å². The van der Waals surface area contributed by atoms with Gasteiger partial charge in [-0.25, -0.2) is 14.0 Å². The first-order chi connectivity index (χ1) is 9.28. The summed E-state index contributed by atoms with van der Waals surface area (Å²) >= 11 is 3.00.